The first kappa shape index (κ1) is 23.0. The highest BCUT2D eigenvalue weighted by Crippen LogP contribution is 2.63. The van der Waals surface area contributed by atoms with E-state index in [9.17, 15) is 9.59 Å². The summed E-state index contributed by atoms with van der Waals surface area (Å²) in [4.78, 5) is 25.2. The standard InChI is InChI=1S/C27H36O5/c1-6-22(28)30-21-16-27(17(2)3)25(24-18(4)12-14-20(24)26(21,5)32-27)31-23(29)15-13-19-10-8-7-9-11-19/h7-11,13,15,17-18,20-21,24-25H,6,12,14,16H2,1-5H3/b15-13+/t18-,20-,21?,24-,25+,26+,27-/m1/s1. The molecule has 1 unspecified atom stereocenters. The molecule has 1 aromatic rings. The molecule has 2 heterocycles. The van der Waals surface area contributed by atoms with E-state index in [-0.39, 0.29) is 41.9 Å². The largest absolute Gasteiger partial charge is 0.459 e. The molecule has 7 atom stereocenters. The van der Waals surface area contributed by atoms with Crippen molar-refractivity contribution in [1.82, 2.24) is 0 Å². The number of benzene rings is 1. The van der Waals surface area contributed by atoms with Crippen LogP contribution in [0.5, 0.6) is 0 Å². The van der Waals surface area contributed by atoms with Gasteiger partial charge in [-0.15, -0.1) is 0 Å². The quantitative estimate of drug-likeness (QED) is 0.450. The normalized spacial score (nSPS) is 38.1. The lowest BCUT2D eigenvalue weighted by Crippen LogP contribution is -2.62. The lowest BCUT2D eigenvalue weighted by Gasteiger charge is -2.52. The van der Waals surface area contributed by atoms with Gasteiger partial charge in [0.1, 0.15) is 23.4 Å². The minimum absolute atomic E-state index is 0.108. The number of hydrogen-bond acceptors (Lipinski definition) is 5. The van der Waals surface area contributed by atoms with Crippen molar-refractivity contribution in [2.24, 2.45) is 23.7 Å². The van der Waals surface area contributed by atoms with Gasteiger partial charge in [-0.05, 0) is 49.2 Å². The predicted octanol–water partition coefficient (Wildman–Crippen LogP) is 5.18. The average molecular weight is 441 g/mol. The fourth-order valence-electron chi connectivity index (χ4n) is 6.38. The maximum Gasteiger partial charge on any atom is 0.331 e. The molecule has 1 aliphatic carbocycles. The van der Waals surface area contributed by atoms with Crippen LogP contribution in [0, 0.1) is 23.7 Å². The van der Waals surface area contributed by atoms with Gasteiger partial charge in [-0.3, -0.25) is 4.79 Å². The summed E-state index contributed by atoms with van der Waals surface area (Å²) in [5.74, 6) is 0.355. The zero-order valence-electron chi connectivity index (χ0n) is 19.9. The Kier molecular flexibility index (Phi) is 6.23. The van der Waals surface area contributed by atoms with Crippen LogP contribution in [-0.4, -0.2) is 35.3 Å². The van der Waals surface area contributed by atoms with Crippen LogP contribution in [0.4, 0.5) is 0 Å². The highest BCUT2D eigenvalue weighted by molar-refractivity contribution is 5.87. The summed E-state index contributed by atoms with van der Waals surface area (Å²) in [6, 6.07) is 9.73. The van der Waals surface area contributed by atoms with E-state index >= 15 is 0 Å². The Bertz CT molecular complexity index is 877. The number of hydrogen-bond donors (Lipinski definition) is 0. The SMILES string of the molecule is CCC(=O)OC1C[C@]2(C(C)C)O[C@@]1(C)[C@@H]1CC[C@@H](C)[C@H]1[C@@H]2OC(=O)/C=C/c1ccccc1. The molecular weight excluding hydrogens is 404 g/mol. The van der Waals surface area contributed by atoms with Crippen LogP contribution in [0.3, 0.4) is 0 Å². The summed E-state index contributed by atoms with van der Waals surface area (Å²) in [5.41, 5.74) is -0.258. The van der Waals surface area contributed by atoms with Crippen molar-refractivity contribution in [3.8, 4) is 0 Å². The zero-order chi connectivity index (χ0) is 23.1. The van der Waals surface area contributed by atoms with Gasteiger partial charge in [0.2, 0.25) is 0 Å². The first-order valence-electron chi connectivity index (χ1n) is 12.0. The van der Waals surface area contributed by atoms with Crippen molar-refractivity contribution in [2.45, 2.75) is 83.7 Å². The molecule has 3 aliphatic rings. The van der Waals surface area contributed by atoms with Gasteiger partial charge in [0.05, 0.1) is 0 Å². The van der Waals surface area contributed by atoms with Crippen LogP contribution in [-0.2, 0) is 23.8 Å². The number of esters is 2. The number of carbonyl (C=O) groups is 2. The van der Waals surface area contributed by atoms with Crippen molar-refractivity contribution >= 4 is 18.0 Å². The molecule has 4 rings (SSSR count). The van der Waals surface area contributed by atoms with Crippen LogP contribution < -0.4 is 0 Å². The summed E-state index contributed by atoms with van der Waals surface area (Å²) >= 11 is 0. The first-order valence-corrected chi connectivity index (χ1v) is 12.0. The fourth-order valence-corrected chi connectivity index (χ4v) is 6.38. The minimum Gasteiger partial charge on any atom is -0.459 e. The van der Waals surface area contributed by atoms with Gasteiger partial charge in [0.25, 0.3) is 0 Å². The van der Waals surface area contributed by atoms with Crippen molar-refractivity contribution < 1.29 is 23.8 Å². The molecule has 5 nitrogen and oxygen atoms in total. The molecular formula is C27H36O5. The molecule has 2 aliphatic heterocycles. The maximum absolute atomic E-state index is 13.0. The third-order valence-corrected chi connectivity index (χ3v) is 8.17. The second-order valence-corrected chi connectivity index (χ2v) is 10.3. The third kappa shape index (κ3) is 3.79. The van der Waals surface area contributed by atoms with E-state index in [0.717, 1.165) is 18.4 Å². The van der Waals surface area contributed by atoms with Crippen LogP contribution >= 0.6 is 0 Å². The topological polar surface area (TPSA) is 61.8 Å². The summed E-state index contributed by atoms with van der Waals surface area (Å²) < 4.78 is 19.0. The van der Waals surface area contributed by atoms with Gasteiger partial charge >= 0.3 is 11.9 Å². The fraction of sp³-hybridized carbons (Fsp3) is 0.630. The van der Waals surface area contributed by atoms with Crippen molar-refractivity contribution in [3.05, 3.63) is 42.0 Å². The van der Waals surface area contributed by atoms with Crippen LogP contribution in [0.25, 0.3) is 6.08 Å². The molecule has 1 saturated carbocycles. The van der Waals surface area contributed by atoms with Gasteiger partial charge in [-0.2, -0.15) is 0 Å². The van der Waals surface area contributed by atoms with Gasteiger partial charge < -0.3 is 14.2 Å². The molecule has 3 fully saturated rings. The highest BCUT2D eigenvalue weighted by atomic mass is 16.6. The molecule has 5 heteroatoms. The Hall–Kier alpha value is -2.14. The van der Waals surface area contributed by atoms with Crippen molar-refractivity contribution in [1.29, 1.82) is 0 Å². The smallest absolute Gasteiger partial charge is 0.331 e. The summed E-state index contributed by atoms with van der Waals surface area (Å²) in [6.45, 7) is 10.4. The number of carbonyl (C=O) groups excluding carboxylic acids is 2. The Morgan fingerprint density at radius 1 is 1.19 bits per heavy atom. The van der Waals surface area contributed by atoms with E-state index in [0.29, 0.717) is 18.8 Å². The van der Waals surface area contributed by atoms with Gasteiger partial charge in [0, 0.05) is 24.8 Å². The molecule has 0 amide bonds. The van der Waals surface area contributed by atoms with Gasteiger partial charge in [-0.25, -0.2) is 4.79 Å². The molecule has 0 aromatic heterocycles. The van der Waals surface area contributed by atoms with Gasteiger partial charge in [0.15, 0.2) is 0 Å². The summed E-state index contributed by atoms with van der Waals surface area (Å²) in [7, 11) is 0. The van der Waals surface area contributed by atoms with Crippen molar-refractivity contribution in [2.75, 3.05) is 0 Å². The summed E-state index contributed by atoms with van der Waals surface area (Å²) in [6.07, 6.45) is 5.57. The molecule has 2 bridgehead atoms. The Morgan fingerprint density at radius 2 is 1.91 bits per heavy atom. The Labute approximate surface area is 191 Å². The highest BCUT2D eigenvalue weighted by Gasteiger charge is 2.72. The number of rotatable bonds is 6. The second-order valence-electron chi connectivity index (χ2n) is 10.3. The molecule has 174 valence electrons. The van der Waals surface area contributed by atoms with E-state index in [1.807, 2.05) is 37.3 Å². The predicted molar refractivity (Wildman–Crippen MR) is 123 cm³/mol. The zero-order valence-corrected chi connectivity index (χ0v) is 19.9. The van der Waals surface area contributed by atoms with Crippen LogP contribution in [0.1, 0.15) is 65.9 Å². The summed E-state index contributed by atoms with van der Waals surface area (Å²) in [5, 5.41) is 0. The van der Waals surface area contributed by atoms with Gasteiger partial charge in [-0.1, -0.05) is 58.0 Å². The van der Waals surface area contributed by atoms with Crippen molar-refractivity contribution in [3.63, 3.8) is 0 Å². The van der Waals surface area contributed by atoms with E-state index in [4.69, 9.17) is 14.2 Å². The third-order valence-electron chi connectivity index (χ3n) is 8.17. The molecule has 1 aromatic carbocycles. The molecule has 0 spiro atoms. The van der Waals surface area contributed by atoms with Crippen LogP contribution in [0.2, 0.25) is 0 Å². The average Bonchev–Trinajstić information content (AvgIpc) is 3.28. The van der Waals surface area contributed by atoms with E-state index in [2.05, 4.69) is 27.7 Å². The lowest BCUT2D eigenvalue weighted by atomic mass is 9.69. The second kappa shape index (κ2) is 8.66. The molecule has 32 heavy (non-hydrogen) atoms. The lowest BCUT2D eigenvalue weighted by molar-refractivity contribution is -0.264. The number of ether oxygens (including phenoxy) is 3. The molecule has 0 N–H and O–H groups in total. The Morgan fingerprint density at radius 3 is 2.56 bits per heavy atom. The first-order chi connectivity index (χ1) is 15.2. The monoisotopic (exact) mass is 440 g/mol. The van der Waals surface area contributed by atoms with Crippen LogP contribution in [0.15, 0.2) is 36.4 Å². The minimum atomic E-state index is -0.663. The molecule has 2 saturated heterocycles. The maximum atomic E-state index is 13.0. The van der Waals surface area contributed by atoms with E-state index in [1.165, 1.54) is 6.08 Å². The van der Waals surface area contributed by atoms with E-state index < -0.39 is 11.2 Å². The van der Waals surface area contributed by atoms with E-state index in [1.54, 1.807) is 6.08 Å². The number of fused-ring (bicyclic) bond motifs is 4. The Balaban J connectivity index is 1.65. The molecule has 0 radical (unpaired) electrons.